The number of nitrogens with one attached hydrogen (secondary N) is 1. The van der Waals surface area contributed by atoms with Gasteiger partial charge in [-0.15, -0.1) is 37.1 Å². The number of hydrogen-bond donors (Lipinski definition) is 2. The number of aliphatic imine (C=N–C) groups is 1. The molecule has 0 bridgehead atoms. The second-order valence-electron chi connectivity index (χ2n) is 4.84. The van der Waals surface area contributed by atoms with E-state index in [2.05, 4.69) is 15.0 Å². The van der Waals surface area contributed by atoms with Crippen molar-refractivity contribution in [3.05, 3.63) is 59.9 Å². The lowest BCUT2D eigenvalue weighted by molar-refractivity contribution is -0.274. The summed E-state index contributed by atoms with van der Waals surface area (Å²) in [5, 5.41) is 2.76. The van der Waals surface area contributed by atoms with Crippen molar-refractivity contribution >= 4 is 35.6 Å². The van der Waals surface area contributed by atoms with Crippen LogP contribution in [0.15, 0.2) is 53.5 Å². The van der Waals surface area contributed by atoms with Crippen molar-refractivity contribution in [2.75, 3.05) is 11.9 Å². The van der Waals surface area contributed by atoms with Gasteiger partial charge in [0.15, 0.2) is 5.96 Å². The molecule has 0 saturated heterocycles. The van der Waals surface area contributed by atoms with Gasteiger partial charge in [0.05, 0.1) is 0 Å². The number of alkyl halides is 3. The van der Waals surface area contributed by atoms with Crippen LogP contribution in [0.1, 0.15) is 5.56 Å². The van der Waals surface area contributed by atoms with Gasteiger partial charge in [-0.2, -0.15) is 0 Å². The predicted octanol–water partition coefficient (Wildman–Crippen LogP) is 4.31. The number of anilines is 1. The quantitative estimate of drug-likeness (QED) is 0.297. The number of ether oxygens (including phenoxy) is 1. The molecule has 0 spiro atoms. The summed E-state index contributed by atoms with van der Waals surface area (Å²) in [6.07, 6.45) is -4.14. The highest BCUT2D eigenvalue weighted by Gasteiger charge is 2.30. The van der Waals surface area contributed by atoms with Crippen LogP contribution in [0, 0.1) is 5.82 Å². The Labute approximate surface area is 159 Å². The number of halogens is 5. The van der Waals surface area contributed by atoms with Crippen LogP contribution in [0.5, 0.6) is 5.75 Å². The molecule has 0 radical (unpaired) electrons. The number of guanidine groups is 1. The molecule has 2 aromatic carbocycles. The van der Waals surface area contributed by atoms with Gasteiger partial charge in [-0.25, -0.2) is 4.39 Å². The van der Waals surface area contributed by atoms with E-state index in [1.54, 1.807) is 12.1 Å². The highest BCUT2D eigenvalue weighted by atomic mass is 127. The van der Waals surface area contributed by atoms with Gasteiger partial charge in [-0.05, 0) is 48.4 Å². The third-order valence-corrected chi connectivity index (χ3v) is 2.96. The molecule has 2 aromatic rings. The molecular formula is C16H16F4IN3O. The molecule has 0 aliphatic heterocycles. The number of hydrogen-bond acceptors (Lipinski definition) is 2. The fourth-order valence-corrected chi connectivity index (χ4v) is 1.88. The van der Waals surface area contributed by atoms with Gasteiger partial charge in [0, 0.05) is 12.2 Å². The van der Waals surface area contributed by atoms with Crippen LogP contribution in [0.25, 0.3) is 0 Å². The summed E-state index contributed by atoms with van der Waals surface area (Å²) in [5.74, 6) is -0.497. The number of rotatable bonds is 5. The maximum Gasteiger partial charge on any atom is 0.573 e. The first-order chi connectivity index (χ1) is 11.3. The van der Waals surface area contributed by atoms with Crippen molar-refractivity contribution in [2.45, 2.75) is 12.8 Å². The molecule has 9 heteroatoms. The first-order valence-electron chi connectivity index (χ1n) is 6.99. The van der Waals surface area contributed by atoms with Crippen LogP contribution in [-0.4, -0.2) is 18.9 Å². The zero-order valence-corrected chi connectivity index (χ0v) is 15.2. The van der Waals surface area contributed by atoms with E-state index >= 15 is 0 Å². The van der Waals surface area contributed by atoms with Gasteiger partial charge in [0.25, 0.3) is 0 Å². The highest BCUT2D eigenvalue weighted by Crippen LogP contribution is 2.23. The Balaban J connectivity index is 0.00000312. The number of nitrogens with two attached hydrogens (primary N) is 1. The van der Waals surface area contributed by atoms with Crippen molar-refractivity contribution in [1.29, 1.82) is 0 Å². The van der Waals surface area contributed by atoms with Crippen molar-refractivity contribution in [1.82, 2.24) is 0 Å². The molecule has 3 N–H and O–H groups in total. The van der Waals surface area contributed by atoms with Crippen LogP contribution in [0.3, 0.4) is 0 Å². The molecule has 0 saturated carbocycles. The summed E-state index contributed by atoms with van der Waals surface area (Å²) in [6.45, 7) is 0.389. The molecule has 0 amide bonds. The highest BCUT2D eigenvalue weighted by molar-refractivity contribution is 14.0. The SMILES string of the molecule is I.NC(=NCCc1ccc(F)cc1)Nc1ccc(OC(F)(F)F)cc1. The summed E-state index contributed by atoms with van der Waals surface area (Å²) in [6, 6.07) is 11.2. The number of nitrogens with zero attached hydrogens (tertiary/aromatic N) is 1. The van der Waals surface area contributed by atoms with Crippen molar-refractivity contribution in [3.63, 3.8) is 0 Å². The van der Waals surface area contributed by atoms with Gasteiger partial charge < -0.3 is 15.8 Å². The lowest BCUT2D eigenvalue weighted by Crippen LogP contribution is -2.23. The van der Waals surface area contributed by atoms with Crippen molar-refractivity contribution < 1.29 is 22.3 Å². The molecule has 0 fully saturated rings. The maximum atomic E-state index is 12.8. The van der Waals surface area contributed by atoms with Crippen LogP contribution in [0.4, 0.5) is 23.2 Å². The van der Waals surface area contributed by atoms with Crippen LogP contribution < -0.4 is 15.8 Å². The van der Waals surface area contributed by atoms with Crippen LogP contribution in [0.2, 0.25) is 0 Å². The average molecular weight is 469 g/mol. The minimum absolute atomic E-state index is 0. The third kappa shape index (κ3) is 8.05. The summed E-state index contributed by atoms with van der Waals surface area (Å²) < 4.78 is 52.7. The molecule has 25 heavy (non-hydrogen) atoms. The standard InChI is InChI=1S/C16H15F4N3O.HI/c17-12-3-1-11(2-4-12)9-10-22-15(21)23-13-5-7-14(8-6-13)24-16(18,19)20;/h1-8H,9-10H2,(H3,21,22,23);1H. The number of benzene rings is 2. The molecule has 0 aromatic heterocycles. The van der Waals surface area contributed by atoms with E-state index in [-0.39, 0.29) is 41.5 Å². The first kappa shape index (κ1) is 21.0. The van der Waals surface area contributed by atoms with Gasteiger partial charge in [0.1, 0.15) is 11.6 Å². The molecular weight excluding hydrogens is 453 g/mol. The molecule has 4 nitrogen and oxygen atoms in total. The third-order valence-electron chi connectivity index (χ3n) is 2.96. The minimum atomic E-state index is -4.73. The lowest BCUT2D eigenvalue weighted by Gasteiger charge is -2.10. The summed E-state index contributed by atoms with van der Waals surface area (Å²) >= 11 is 0. The molecule has 0 atom stereocenters. The Morgan fingerprint density at radius 1 is 1.04 bits per heavy atom. The van der Waals surface area contributed by atoms with E-state index < -0.39 is 6.36 Å². The molecule has 0 aliphatic rings. The second-order valence-corrected chi connectivity index (χ2v) is 4.84. The zero-order valence-electron chi connectivity index (χ0n) is 12.9. The summed E-state index contributed by atoms with van der Waals surface area (Å²) in [7, 11) is 0. The van der Waals surface area contributed by atoms with Gasteiger partial charge in [0.2, 0.25) is 0 Å². The summed E-state index contributed by atoms with van der Waals surface area (Å²) in [5.41, 5.74) is 7.10. The monoisotopic (exact) mass is 469 g/mol. The van der Waals surface area contributed by atoms with Crippen molar-refractivity contribution in [3.8, 4) is 5.75 Å². The first-order valence-corrected chi connectivity index (χ1v) is 6.99. The molecule has 2 rings (SSSR count). The van der Waals surface area contributed by atoms with E-state index in [4.69, 9.17) is 5.73 Å². The van der Waals surface area contributed by atoms with E-state index in [1.165, 1.54) is 36.4 Å². The Kier molecular flexibility index (Phi) is 7.94. The second kappa shape index (κ2) is 9.44. The molecule has 0 heterocycles. The Hall–Kier alpha value is -2.04. The van der Waals surface area contributed by atoms with E-state index in [1.807, 2.05) is 0 Å². The minimum Gasteiger partial charge on any atom is -0.406 e. The predicted molar refractivity (Wildman–Crippen MR) is 98.8 cm³/mol. The van der Waals surface area contributed by atoms with Gasteiger partial charge in [-0.1, -0.05) is 12.1 Å². The largest absolute Gasteiger partial charge is 0.573 e. The van der Waals surface area contributed by atoms with Crippen molar-refractivity contribution in [2.24, 2.45) is 10.7 Å². The lowest BCUT2D eigenvalue weighted by atomic mass is 10.1. The molecule has 0 aliphatic carbocycles. The fourth-order valence-electron chi connectivity index (χ4n) is 1.88. The Morgan fingerprint density at radius 2 is 1.64 bits per heavy atom. The topological polar surface area (TPSA) is 59.6 Å². The Bertz CT molecular complexity index is 688. The summed E-state index contributed by atoms with van der Waals surface area (Å²) in [4.78, 5) is 4.10. The fraction of sp³-hybridized carbons (Fsp3) is 0.188. The zero-order chi connectivity index (χ0) is 17.6. The van der Waals surface area contributed by atoms with Crippen LogP contribution in [-0.2, 0) is 6.42 Å². The van der Waals surface area contributed by atoms with E-state index in [0.29, 0.717) is 18.7 Å². The van der Waals surface area contributed by atoms with Gasteiger partial charge in [-0.3, -0.25) is 4.99 Å². The molecule has 136 valence electrons. The average Bonchev–Trinajstić information content (AvgIpc) is 2.50. The molecule has 0 unspecified atom stereocenters. The van der Waals surface area contributed by atoms with E-state index in [9.17, 15) is 17.6 Å². The van der Waals surface area contributed by atoms with E-state index in [0.717, 1.165) is 5.56 Å². The normalized spacial score (nSPS) is 11.6. The van der Waals surface area contributed by atoms with Gasteiger partial charge >= 0.3 is 6.36 Å². The Morgan fingerprint density at radius 3 is 2.20 bits per heavy atom. The maximum absolute atomic E-state index is 12.8. The van der Waals surface area contributed by atoms with Crippen LogP contribution >= 0.6 is 24.0 Å². The smallest absolute Gasteiger partial charge is 0.406 e.